The van der Waals surface area contributed by atoms with E-state index in [0.29, 0.717) is 5.56 Å². The second-order valence-corrected chi connectivity index (χ2v) is 5.78. The minimum absolute atomic E-state index is 0.106. The summed E-state index contributed by atoms with van der Waals surface area (Å²) in [6.45, 7) is 0.106. The number of aromatic nitrogens is 1. The normalized spacial score (nSPS) is 10.4. The minimum atomic E-state index is -0.561. The highest BCUT2D eigenvalue weighted by molar-refractivity contribution is 6.04. The summed E-state index contributed by atoms with van der Waals surface area (Å²) in [6, 6.07) is 13.9. The van der Waals surface area contributed by atoms with Gasteiger partial charge < -0.3 is 9.88 Å². The topological polar surface area (TPSA) is 94.2 Å². The van der Waals surface area contributed by atoms with Crippen LogP contribution in [0.2, 0.25) is 0 Å². The zero-order chi connectivity index (χ0) is 19.4. The van der Waals surface area contributed by atoms with Crippen LogP contribution in [0.3, 0.4) is 0 Å². The van der Waals surface area contributed by atoms with Gasteiger partial charge in [-0.15, -0.1) is 0 Å². The Morgan fingerprint density at radius 2 is 1.89 bits per heavy atom. The number of carbonyl (C=O) groups excluding carboxylic acids is 1. The summed E-state index contributed by atoms with van der Waals surface area (Å²) in [5.41, 5.74) is 0.540. The predicted octanol–water partition coefficient (Wildman–Crippen LogP) is 3.20. The number of nitrogens with zero attached hydrogens (tertiary/aromatic N) is 2. The highest BCUT2D eigenvalue weighted by Crippen LogP contribution is 2.17. The van der Waals surface area contributed by atoms with Gasteiger partial charge in [0.05, 0.1) is 17.0 Å². The molecule has 0 aliphatic rings. The van der Waals surface area contributed by atoms with Gasteiger partial charge >= 0.3 is 0 Å². The molecule has 2 aromatic carbocycles. The number of benzene rings is 2. The summed E-state index contributed by atoms with van der Waals surface area (Å²) in [5.74, 6) is -0.941. The van der Waals surface area contributed by atoms with Crippen molar-refractivity contribution in [2.75, 3.05) is 5.32 Å². The number of rotatable bonds is 5. The van der Waals surface area contributed by atoms with Gasteiger partial charge in [0.15, 0.2) is 0 Å². The van der Waals surface area contributed by atoms with Crippen LogP contribution in [-0.4, -0.2) is 15.4 Å². The second kappa shape index (κ2) is 7.61. The average molecular weight is 367 g/mol. The number of hydrogen-bond acceptors (Lipinski definition) is 4. The molecule has 0 aliphatic carbocycles. The number of amides is 1. The van der Waals surface area contributed by atoms with Crippen molar-refractivity contribution in [1.82, 2.24) is 4.57 Å². The van der Waals surface area contributed by atoms with Crippen molar-refractivity contribution in [3.8, 4) is 0 Å². The van der Waals surface area contributed by atoms with Crippen LogP contribution in [0.1, 0.15) is 15.9 Å². The van der Waals surface area contributed by atoms with E-state index < -0.39 is 16.6 Å². The van der Waals surface area contributed by atoms with Crippen molar-refractivity contribution in [3.05, 3.63) is 104 Å². The Bertz CT molecular complexity index is 1080. The molecule has 3 aromatic rings. The third-order valence-corrected chi connectivity index (χ3v) is 3.80. The van der Waals surface area contributed by atoms with Gasteiger partial charge in [0.25, 0.3) is 17.2 Å². The van der Waals surface area contributed by atoms with Crippen LogP contribution in [0, 0.1) is 15.9 Å². The van der Waals surface area contributed by atoms with Gasteiger partial charge in [-0.05, 0) is 29.8 Å². The minimum Gasteiger partial charge on any atom is -0.322 e. The Balaban J connectivity index is 1.82. The molecule has 0 spiro atoms. The molecular formula is C19H14FN3O4. The molecule has 27 heavy (non-hydrogen) atoms. The quantitative estimate of drug-likeness (QED) is 0.553. The highest BCUT2D eigenvalue weighted by Gasteiger charge is 2.11. The summed E-state index contributed by atoms with van der Waals surface area (Å²) in [7, 11) is 0. The SMILES string of the molecule is O=C(Nc1cccc([N+](=O)[O-])c1)c1ccc(=O)n(Cc2cccc(F)c2)c1. The molecule has 8 heteroatoms. The molecular weight excluding hydrogens is 353 g/mol. The molecule has 1 heterocycles. The number of nitro groups is 1. The first-order chi connectivity index (χ1) is 12.9. The van der Waals surface area contributed by atoms with Crippen molar-refractivity contribution in [1.29, 1.82) is 0 Å². The molecule has 1 aromatic heterocycles. The number of pyridine rings is 1. The molecule has 3 rings (SSSR count). The van der Waals surface area contributed by atoms with Gasteiger partial charge in [0, 0.05) is 30.1 Å². The number of carbonyl (C=O) groups is 1. The fourth-order valence-corrected chi connectivity index (χ4v) is 2.52. The second-order valence-electron chi connectivity index (χ2n) is 5.78. The number of nitro benzene ring substituents is 1. The standard InChI is InChI=1S/C19H14FN3O4/c20-15-4-1-3-13(9-15)11-22-12-14(7-8-18(22)24)19(25)21-16-5-2-6-17(10-16)23(26)27/h1-10,12H,11H2,(H,21,25). The van der Waals surface area contributed by atoms with Gasteiger partial charge in [-0.3, -0.25) is 19.7 Å². The third-order valence-electron chi connectivity index (χ3n) is 3.80. The van der Waals surface area contributed by atoms with E-state index in [2.05, 4.69) is 5.32 Å². The molecule has 7 nitrogen and oxygen atoms in total. The van der Waals surface area contributed by atoms with E-state index in [1.54, 1.807) is 6.07 Å². The van der Waals surface area contributed by atoms with Crippen LogP contribution in [0.4, 0.5) is 15.8 Å². The van der Waals surface area contributed by atoms with Gasteiger partial charge in [-0.1, -0.05) is 18.2 Å². The Morgan fingerprint density at radius 3 is 2.63 bits per heavy atom. The lowest BCUT2D eigenvalue weighted by molar-refractivity contribution is -0.384. The zero-order valence-corrected chi connectivity index (χ0v) is 14.0. The zero-order valence-electron chi connectivity index (χ0n) is 14.0. The molecule has 0 saturated carbocycles. The number of hydrogen-bond donors (Lipinski definition) is 1. The predicted molar refractivity (Wildman–Crippen MR) is 97.3 cm³/mol. The summed E-state index contributed by atoms with van der Waals surface area (Å²) >= 11 is 0. The molecule has 0 unspecified atom stereocenters. The number of non-ortho nitro benzene ring substituents is 1. The van der Waals surface area contributed by atoms with Crippen molar-refractivity contribution in [2.45, 2.75) is 6.54 Å². The Hall–Kier alpha value is -3.81. The van der Waals surface area contributed by atoms with Crippen LogP contribution >= 0.6 is 0 Å². The maximum atomic E-state index is 13.3. The van der Waals surface area contributed by atoms with Crippen molar-refractivity contribution >= 4 is 17.3 Å². The molecule has 1 amide bonds. The highest BCUT2D eigenvalue weighted by atomic mass is 19.1. The first-order valence-electron chi connectivity index (χ1n) is 7.93. The van der Waals surface area contributed by atoms with Gasteiger partial charge in [-0.25, -0.2) is 4.39 Å². The lowest BCUT2D eigenvalue weighted by Gasteiger charge is -2.09. The van der Waals surface area contributed by atoms with Crippen LogP contribution in [-0.2, 0) is 6.54 Å². The lowest BCUT2D eigenvalue weighted by Crippen LogP contribution is -2.22. The summed E-state index contributed by atoms with van der Waals surface area (Å²) in [6.07, 6.45) is 1.36. The monoisotopic (exact) mass is 367 g/mol. The fourth-order valence-electron chi connectivity index (χ4n) is 2.52. The van der Waals surface area contributed by atoms with E-state index >= 15 is 0 Å². The van der Waals surface area contributed by atoms with Gasteiger partial charge in [-0.2, -0.15) is 0 Å². The first kappa shape index (κ1) is 18.0. The lowest BCUT2D eigenvalue weighted by atomic mass is 10.2. The Labute approximate surface area is 152 Å². The van der Waals surface area contributed by atoms with E-state index in [1.807, 2.05) is 0 Å². The summed E-state index contributed by atoms with van der Waals surface area (Å²) in [4.78, 5) is 34.7. The molecule has 0 fully saturated rings. The smallest absolute Gasteiger partial charge is 0.271 e. The van der Waals surface area contributed by atoms with Crippen molar-refractivity contribution in [3.63, 3.8) is 0 Å². The van der Waals surface area contributed by atoms with Gasteiger partial charge in [0.1, 0.15) is 5.82 Å². The third kappa shape index (κ3) is 4.43. The summed E-state index contributed by atoms with van der Waals surface area (Å²) < 4.78 is 14.6. The summed E-state index contributed by atoms with van der Waals surface area (Å²) in [5, 5.41) is 13.4. The van der Waals surface area contributed by atoms with Gasteiger partial charge in [0.2, 0.25) is 0 Å². The van der Waals surface area contributed by atoms with E-state index in [-0.39, 0.29) is 29.0 Å². The molecule has 0 bridgehead atoms. The maximum absolute atomic E-state index is 13.3. The van der Waals surface area contributed by atoms with Crippen molar-refractivity contribution < 1.29 is 14.1 Å². The Morgan fingerprint density at radius 1 is 1.11 bits per heavy atom. The Kier molecular flexibility index (Phi) is 5.07. The number of anilines is 1. The molecule has 0 saturated heterocycles. The first-order valence-corrected chi connectivity index (χ1v) is 7.93. The van der Waals surface area contributed by atoms with E-state index in [1.165, 1.54) is 65.4 Å². The van der Waals surface area contributed by atoms with E-state index in [4.69, 9.17) is 0 Å². The van der Waals surface area contributed by atoms with Crippen LogP contribution in [0.5, 0.6) is 0 Å². The molecule has 136 valence electrons. The maximum Gasteiger partial charge on any atom is 0.271 e. The van der Waals surface area contributed by atoms with Crippen LogP contribution in [0.25, 0.3) is 0 Å². The molecule has 1 N–H and O–H groups in total. The van der Waals surface area contributed by atoms with Crippen molar-refractivity contribution in [2.24, 2.45) is 0 Å². The number of nitrogens with one attached hydrogen (secondary N) is 1. The molecule has 0 radical (unpaired) electrons. The van der Waals surface area contributed by atoms with Crippen LogP contribution in [0.15, 0.2) is 71.7 Å². The van der Waals surface area contributed by atoms with Crippen LogP contribution < -0.4 is 10.9 Å². The average Bonchev–Trinajstić information content (AvgIpc) is 2.63. The molecule has 0 atom stereocenters. The number of halogens is 1. The fraction of sp³-hybridized carbons (Fsp3) is 0.0526. The van der Waals surface area contributed by atoms with E-state index in [0.717, 1.165) is 0 Å². The molecule has 0 aliphatic heterocycles. The largest absolute Gasteiger partial charge is 0.322 e. The van der Waals surface area contributed by atoms with E-state index in [9.17, 15) is 24.1 Å².